The average molecular weight is 248 g/mol. The van der Waals surface area contributed by atoms with Gasteiger partial charge in [-0.25, -0.2) is 0 Å². The second kappa shape index (κ2) is 4.78. The maximum Gasteiger partial charge on any atom is 0.161 e. The van der Waals surface area contributed by atoms with Crippen molar-refractivity contribution < 1.29 is 9.47 Å². The third kappa shape index (κ3) is 2.18. The molecule has 2 aliphatic heterocycles. The van der Waals surface area contributed by atoms with Gasteiger partial charge in [0.05, 0.1) is 0 Å². The van der Waals surface area contributed by atoms with E-state index in [4.69, 9.17) is 15.2 Å². The molecule has 1 aromatic carbocycles. The summed E-state index contributed by atoms with van der Waals surface area (Å²) in [6.07, 6.45) is 2.09. The number of piperidine rings is 1. The van der Waals surface area contributed by atoms with E-state index in [1.54, 1.807) is 0 Å². The summed E-state index contributed by atoms with van der Waals surface area (Å²) in [6.45, 7) is 2.33. The number of hydrogen-bond acceptors (Lipinski definition) is 4. The molecule has 0 saturated carbocycles. The van der Waals surface area contributed by atoms with Crippen LogP contribution in [-0.4, -0.2) is 37.7 Å². The molecule has 0 aliphatic carbocycles. The Morgan fingerprint density at radius 1 is 1.22 bits per heavy atom. The summed E-state index contributed by atoms with van der Waals surface area (Å²) in [5.74, 6) is 1.72. The van der Waals surface area contributed by atoms with Gasteiger partial charge < -0.3 is 15.2 Å². The second-order valence-corrected chi connectivity index (χ2v) is 5.18. The zero-order valence-electron chi connectivity index (χ0n) is 10.8. The Labute approximate surface area is 108 Å². The molecule has 2 N–H and O–H groups in total. The van der Waals surface area contributed by atoms with E-state index in [9.17, 15) is 0 Å². The van der Waals surface area contributed by atoms with Gasteiger partial charge in [-0.1, -0.05) is 6.07 Å². The van der Waals surface area contributed by atoms with E-state index in [1.807, 2.05) is 6.07 Å². The van der Waals surface area contributed by atoms with Crippen LogP contribution in [0.15, 0.2) is 18.2 Å². The number of rotatable bonds is 1. The van der Waals surface area contributed by atoms with Crippen molar-refractivity contribution in [3.05, 3.63) is 23.8 Å². The maximum absolute atomic E-state index is 6.08. The van der Waals surface area contributed by atoms with Crippen molar-refractivity contribution >= 4 is 0 Å². The van der Waals surface area contributed by atoms with Crippen molar-refractivity contribution in [2.24, 2.45) is 5.73 Å². The lowest BCUT2D eigenvalue weighted by molar-refractivity contribution is 0.163. The molecule has 0 amide bonds. The molecule has 1 aromatic rings. The first-order valence-electron chi connectivity index (χ1n) is 6.59. The quantitative estimate of drug-likeness (QED) is 0.819. The molecular weight excluding hydrogens is 228 g/mol. The predicted molar refractivity (Wildman–Crippen MR) is 70.0 cm³/mol. The highest BCUT2D eigenvalue weighted by Crippen LogP contribution is 2.36. The van der Waals surface area contributed by atoms with Gasteiger partial charge >= 0.3 is 0 Å². The van der Waals surface area contributed by atoms with E-state index < -0.39 is 0 Å². The Bertz CT molecular complexity index is 436. The molecule has 1 fully saturated rings. The van der Waals surface area contributed by atoms with E-state index in [0.717, 1.165) is 30.9 Å². The first-order valence-corrected chi connectivity index (χ1v) is 6.59. The van der Waals surface area contributed by atoms with Crippen molar-refractivity contribution in [3.63, 3.8) is 0 Å². The lowest BCUT2D eigenvalue weighted by atomic mass is 9.92. The van der Waals surface area contributed by atoms with Gasteiger partial charge in [0.25, 0.3) is 0 Å². The van der Waals surface area contributed by atoms with Crippen LogP contribution in [0.25, 0.3) is 0 Å². The minimum absolute atomic E-state index is 0.305. The molecule has 2 heterocycles. The first kappa shape index (κ1) is 11.8. The summed E-state index contributed by atoms with van der Waals surface area (Å²) in [6, 6.07) is 6.95. The minimum atomic E-state index is 0.305. The van der Waals surface area contributed by atoms with Crippen LogP contribution in [0, 0.1) is 0 Å². The molecule has 4 heteroatoms. The summed E-state index contributed by atoms with van der Waals surface area (Å²) < 4.78 is 11.2. The van der Waals surface area contributed by atoms with Crippen LogP contribution in [0.5, 0.6) is 11.5 Å². The first-order chi connectivity index (χ1) is 8.74. The summed E-state index contributed by atoms with van der Waals surface area (Å²) in [5, 5.41) is 0. The molecule has 0 aromatic heterocycles. The van der Waals surface area contributed by atoms with E-state index in [1.165, 1.54) is 5.56 Å². The van der Waals surface area contributed by atoms with E-state index in [0.29, 0.717) is 25.3 Å². The molecule has 0 bridgehead atoms. The lowest BCUT2D eigenvalue weighted by Crippen LogP contribution is -2.39. The highest BCUT2D eigenvalue weighted by Gasteiger charge is 2.26. The number of nitrogens with two attached hydrogens (primary N) is 1. The Kier molecular flexibility index (Phi) is 3.14. The maximum atomic E-state index is 6.08. The highest BCUT2D eigenvalue weighted by atomic mass is 16.6. The van der Waals surface area contributed by atoms with Crippen molar-refractivity contribution in [1.29, 1.82) is 0 Å². The van der Waals surface area contributed by atoms with Gasteiger partial charge in [-0.2, -0.15) is 0 Å². The molecular formula is C14H20N2O2. The molecule has 1 saturated heterocycles. The van der Waals surface area contributed by atoms with Gasteiger partial charge in [0, 0.05) is 12.1 Å². The number of fused-ring (bicyclic) bond motifs is 1. The van der Waals surface area contributed by atoms with Crippen LogP contribution in [-0.2, 0) is 0 Å². The van der Waals surface area contributed by atoms with Gasteiger partial charge in [0.15, 0.2) is 11.5 Å². The smallest absolute Gasteiger partial charge is 0.161 e. The molecule has 2 atom stereocenters. The van der Waals surface area contributed by atoms with Crippen LogP contribution in [0.2, 0.25) is 0 Å². The summed E-state index contributed by atoms with van der Waals surface area (Å²) in [4.78, 5) is 2.37. The van der Waals surface area contributed by atoms with E-state index in [-0.39, 0.29) is 0 Å². The number of nitrogens with zero attached hydrogens (tertiary/aromatic N) is 1. The average Bonchev–Trinajstić information content (AvgIpc) is 2.41. The highest BCUT2D eigenvalue weighted by molar-refractivity contribution is 5.44. The number of ether oxygens (including phenoxy) is 2. The van der Waals surface area contributed by atoms with E-state index >= 15 is 0 Å². The van der Waals surface area contributed by atoms with Crippen LogP contribution >= 0.6 is 0 Å². The third-order valence-corrected chi connectivity index (χ3v) is 3.86. The Balaban J connectivity index is 1.86. The summed E-state index contributed by atoms with van der Waals surface area (Å²) >= 11 is 0. The molecule has 2 unspecified atom stereocenters. The van der Waals surface area contributed by atoms with Gasteiger partial charge in [0.2, 0.25) is 0 Å². The van der Waals surface area contributed by atoms with Gasteiger partial charge in [-0.3, -0.25) is 4.90 Å². The van der Waals surface area contributed by atoms with E-state index in [2.05, 4.69) is 24.1 Å². The Morgan fingerprint density at radius 3 is 2.83 bits per heavy atom. The van der Waals surface area contributed by atoms with Crippen molar-refractivity contribution in [2.75, 3.05) is 26.8 Å². The predicted octanol–water partition coefficient (Wildman–Crippen LogP) is 1.55. The molecule has 0 spiro atoms. The minimum Gasteiger partial charge on any atom is -0.486 e. The standard InChI is InChI=1S/C14H20N2O2/c1-16-5-4-11(15)9-12(16)10-2-3-13-14(8-10)18-7-6-17-13/h2-3,8,11-12H,4-7,9,15H2,1H3. The molecule has 0 radical (unpaired) electrons. The number of benzene rings is 1. The van der Waals surface area contributed by atoms with Crippen LogP contribution in [0.4, 0.5) is 0 Å². The zero-order valence-corrected chi connectivity index (χ0v) is 10.8. The molecule has 3 rings (SSSR count). The number of hydrogen-bond donors (Lipinski definition) is 1. The fourth-order valence-corrected chi connectivity index (χ4v) is 2.77. The molecule has 18 heavy (non-hydrogen) atoms. The molecule has 98 valence electrons. The Morgan fingerprint density at radius 2 is 2.00 bits per heavy atom. The topological polar surface area (TPSA) is 47.7 Å². The van der Waals surface area contributed by atoms with Crippen LogP contribution in [0.3, 0.4) is 0 Å². The van der Waals surface area contributed by atoms with Gasteiger partial charge in [-0.15, -0.1) is 0 Å². The van der Waals surface area contributed by atoms with Gasteiger partial charge in [-0.05, 0) is 44.1 Å². The second-order valence-electron chi connectivity index (χ2n) is 5.18. The normalized spacial score (nSPS) is 28.1. The van der Waals surface area contributed by atoms with Crippen LogP contribution < -0.4 is 15.2 Å². The molecule has 2 aliphatic rings. The monoisotopic (exact) mass is 248 g/mol. The summed E-state index contributed by atoms with van der Waals surface area (Å²) in [7, 11) is 2.16. The Hall–Kier alpha value is -1.26. The third-order valence-electron chi connectivity index (χ3n) is 3.86. The fourth-order valence-electron chi connectivity index (χ4n) is 2.77. The SMILES string of the molecule is CN1CCC(N)CC1c1ccc2c(c1)OCCO2. The largest absolute Gasteiger partial charge is 0.486 e. The van der Waals surface area contributed by atoms with Gasteiger partial charge in [0.1, 0.15) is 13.2 Å². The van der Waals surface area contributed by atoms with Crippen LogP contribution in [0.1, 0.15) is 24.4 Å². The zero-order chi connectivity index (χ0) is 12.5. The van der Waals surface area contributed by atoms with Crippen molar-refractivity contribution in [2.45, 2.75) is 24.9 Å². The van der Waals surface area contributed by atoms with Crippen molar-refractivity contribution in [1.82, 2.24) is 4.90 Å². The molecule has 4 nitrogen and oxygen atoms in total. The van der Waals surface area contributed by atoms with Crippen molar-refractivity contribution in [3.8, 4) is 11.5 Å². The summed E-state index contributed by atoms with van der Waals surface area (Å²) in [5.41, 5.74) is 7.35. The fraction of sp³-hybridized carbons (Fsp3) is 0.571. The lowest BCUT2D eigenvalue weighted by Gasteiger charge is -2.36. The number of likely N-dealkylation sites (tertiary alicyclic amines) is 1.